The monoisotopic (exact) mass is 359 g/mol. The van der Waals surface area contributed by atoms with Crippen LogP contribution in [0.4, 0.5) is 0 Å². The summed E-state index contributed by atoms with van der Waals surface area (Å²) in [7, 11) is 3.92. The second-order valence-electron chi connectivity index (χ2n) is 6.93. The van der Waals surface area contributed by atoms with Crippen LogP contribution in [0.3, 0.4) is 0 Å². The Morgan fingerprint density at radius 3 is 2.58 bits per heavy atom. The highest BCUT2D eigenvalue weighted by Gasteiger charge is 2.39. The zero-order valence-corrected chi connectivity index (χ0v) is 16.5. The summed E-state index contributed by atoms with van der Waals surface area (Å²) in [5.41, 5.74) is 0. The highest BCUT2D eigenvalue weighted by Crippen LogP contribution is 2.35. The number of rotatable bonds is 9. The van der Waals surface area contributed by atoms with Crippen LogP contribution in [0.2, 0.25) is 0 Å². The minimum absolute atomic E-state index is 0.0538. The van der Waals surface area contributed by atoms with Crippen molar-refractivity contribution in [2.24, 2.45) is 22.7 Å². The van der Waals surface area contributed by atoms with Crippen molar-refractivity contribution in [1.29, 1.82) is 0 Å². The largest absolute Gasteiger partial charge is 0.369 e. The molecule has 1 rings (SSSR count). The van der Waals surface area contributed by atoms with Gasteiger partial charge in [0, 0.05) is 33.0 Å². The van der Waals surface area contributed by atoms with Gasteiger partial charge in [-0.05, 0) is 24.7 Å². The summed E-state index contributed by atoms with van der Waals surface area (Å²) in [6, 6.07) is 0. The number of nitrogens with one attached hydrogen (secondary N) is 1. The van der Waals surface area contributed by atoms with Gasteiger partial charge in [0.05, 0.1) is 19.0 Å². The molecule has 24 heavy (non-hydrogen) atoms. The molecule has 0 aliphatic carbocycles. The highest BCUT2D eigenvalue weighted by atomic mass is 32.1. The topological polar surface area (TPSA) is 63.2 Å². The van der Waals surface area contributed by atoms with Crippen LogP contribution in [-0.4, -0.2) is 56.8 Å². The Kier molecular flexibility index (Phi) is 9.69. The van der Waals surface area contributed by atoms with Crippen molar-refractivity contribution < 1.29 is 14.3 Å². The molecule has 5 unspecified atom stereocenters. The Balaban J connectivity index is 2.43. The van der Waals surface area contributed by atoms with E-state index < -0.39 is 0 Å². The van der Waals surface area contributed by atoms with Crippen molar-refractivity contribution >= 4 is 25.1 Å². The summed E-state index contributed by atoms with van der Waals surface area (Å²) in [6.45, 7) is 7.92. The number of ether oxygens (including phenoxy) is 2. The molecule has 7 heteroatoms. The Labute approximate surface area is 151 Å². The number of nitrogens with zero attached hydrogens (tertiary/aromatic N) is 2. The quantitative estimate of drug-likeness (QED) is 0.287. The number of carbonyl (C=O) groups is 1. The first-order valence-electron chi connectivity index (χ1n) is 8.73. The van der Waals surface area contributed by atoms with Crippen LogP contribution in [0.15, 0.2) is 4.99 Å². The van der Waals surface area contributed by atoms with Crippen LogP contribution in [0.1, 0.15) is 40.0 Å². The number of carbonyl (C=O) groups excluding carboxylic acids is 1. The second-order valence-corrected chi connectivity index (χ2v) is 7.15. The van der Waals surface area contributed by atoms with Gasteiger partial charge in [0.25, 0.3) is 0 Å². The highest BCUT2D eigenvalue weighted by molar-refractivity contribution is 7.78. The van der Waals surface area contributed by atoms with Gasteiger partial charge in [-0.3, -0.25) is 9.79 Å². The average molecular weight is 360 g/mol. The zero-order valence-electron chi connectivity index (χ0n) is 15.6. The van der Waals surface area contributed by atoms with Crippen molar-refractivity contribution in [2.75, 3.05) is 27.2 Å². The fraction of sp³-hybridized carbons (Fsp3) is 0.882. The number of aliphatic imine (C=N–C) groups is 1. The molecule has 0 radical (unpaired) electrons. The van der Waals surface area contributed by atoms with E-state index in [0.717, 1.165) is 12.8 Å². The predicted molar refractivity (Wildman–Crippen MR) is 100 cm³/mol. The fourth-order valence-corrected chi connectivity index (χ4v) is 2.95. The Bertz CT molecular complexity index is 407. The number of hydrogen-bond acceptors (Lipinski definition) is 5. The minimum atomic E-state index is -0.200. The molecule has 1 amide bonds. The normalized spacial score (nSPS) is 30.5. The van der Waals surface area contributed by atoms with E-state index in [-0.39, 0.29) is 18.3 Å². The maximum Gasteiger partial charge on any atom is 0.229 e. The van der Waals surface area contributed by atoms with Crippen molar-refractivity contribution in [1.82, 2.24) is 9.62 Å². The van der Waals surface area contributed by atoms with E-state index in [1.54, 1.807) is 0 Å². The Morgan fingerprint density at radius 2 is 1.96 bits per heavy atom. The molecule has 0 saturated carbocycles. The Morgan fingerprint density at radius 1 is 1.25 bits per heavy atom. The molecular formula is C17H33N3O3S. The third-order valence-electron chi connectivity index (χ3n) is 4.79. The molecule has 1 heterocycles. The molecule has 0 aromatic heterocycles. The molecular weight excluding hydrogens is 326 g/mol. The minimum Gasteiger partial charge on any atom is -0.369 e. The predicted octanol–water partition coefficient (Wildman–Crippen LogP) is 2.36. The molecule has 0 bridgehead atoms. The van der Waals surface area contributed by atoms with Crippen LogP contribution in [0.5, 0.6) is 0 Å². The van der Waals surface area contributed by atoms with Crippen LogP contribution in [-0.2, 0) is 14.3 Å². The molecule has 1 aliphatic heterocycles. The molecule has 5 atom stereocenters. The number of hydrogen-bond donors (Lipinski definition) is 2. The van der Waals surface area contributed by atoms with Gasteiger partial charge in [-0.2, -0.15) is 0 Å². The molecule has 0 spiro atoms. The van der Waals surface area contributed by atoms with E-state index in [2.05, 4.69) is 43.3 Å². The lowest BCUT2D eigenvalue weighted by molar-refractivity contribution is -0.245. The van der Waals surface area contributed by atoms with Crippen molar-refractivity contribution in [3.05, 3.63) is 0 Å². The van der Waals surface area contributed by atoms with Crippen molar-refractivity contribution in [2.45, 2.75) is 52.4 Å². The zero-order chi connectivity index (χ0) is 18.1. The van der Waals surface area contributed by atoms with Crippen LogP contribution >= 0.6 is 12.8 Å². The lowest BCUT2D eigenvalue weighted by Crippen LogP contribution is -2.47. The van der Waals surface area contributed by atoms with E-state index in [1.807, 2.05) is 25.3 Å². The average Bonchev–Trinajstić information content (AvgIpc) is 2.55. The van der Waals surface area contributed by atoms with Gasteiger partial charge < -0.3 is 19.1 Å². The molecule has 6 nitrogen and oxygen atoms in total. The molecule has 1 fully saturated rings. The first-order chi connectivity index (χ1) is 11.4. The van der Waals surface area contributed by atoms with Crippen molar-refractivity contribution in [3.8, 4) is 0 Å². The SMILES string of the molecule is CC1C(C/N=C/N(C)C)OC(OCCCCC(=O)NS)C(C)C1C. The van der Waals surface area contributed by atoms with E-state index in [4.69, 9.17) is 9.47 Å². The summed E-state index contributed by atoms with van der Waals surface area (Å²) < 4.78 is 14.4. The number of unbranched alkanes of at least 4 members (excludes halogenated alkanes) is 1. The molecule has 140 valence electrons. The first-order valence-corrected chi connectivity index (χ1v) is 9.17. The third-order valence-corrected chi connectivity index (χ3v) is 5.04. The van der Waals surface area contributed by atoms with E-state index >= 15 is 0 Å². The van der Waals surface area contributed by atoms with Gasteiger partial charge in [-0.1, -0.05) is 33.6 Å². The molecule has 0 aromatic carbocycles. The standard InChI is InChI=1S/C17H33N3O3S/c1-12-13(2)15(10-18-11-20(4)5)23-17(14(12)3)22-9-7-6-8-16(21)19-24/h11-15,17,24H,6-10H2,1-5H3,(H,19,21)/b18-11+. The van der Waals surface area contributed by atoms with Crippen LogP contribution in [0, 0.1) is 17.8 Å². The van der Waals surface area contributed by atoms with Gasteiger partial charge in [0.2, 0.25) is 5.91 Å². The fourth-order valence-electron chi connectivity index (χ4n) is 2.84. The van der Waals surface area contributed by atoms with E-state index in [1.165, 1.54) is 0 Å². The lowest BCUT2D eigenvalue weighted by Gasteiger charge is -2.43. The summed E-state index contributed by atoms with van der Waals surface area (Å²) in [6.07, 6.45) is 3.79. The molecule has 1 saturated heterocycles. The number of thiol groups is 1. The number of amides is 1. The molecule has 0 aromatic rings. The molecule has 1 N–H and O–H groups in total. The lowest BCUT2D eigenvalue weighted by atomic mass is 9.79. The maximum atomic E-state index is 11.1. The van der Waals surface area contributed by atoms with Crippen LogP contribution < -0.4 is 4.72 Å². The Hall–Kier alpha value is -0.790. The smallest absolute Gasteiger partial charge is 0.229 e. The van der Waals surface area contributed by atoms with Gasteiger partial charge in [0.1, 0.15) is 0 Å². The molecule has 1 aliphatic rings. The second kappa shape index (κ2) is 10.9. The first kappa shape index (κ1) is 21.3. The third kappa shape index (κ3) is 6.99. The van der Waals surface area contributed by atoms with Gasteiger partial charge in [0.15, 0.2) is 6.29 Å². The summed E-state index contributed by atoms with van der Waals surface area (Å²) >= 11 is 3.74. The van der Waals surface area contributed by atoms with E-state index in [0.29, 0.717) is 37.3 Å². The van der Waals surface area contributed by atoms with Gasteiger partial charge >= 0.3 is 0 Å². The maximum absolute atomic E-state index is 11.1. The summed E-state index contributed by atoms with van der Waals surface area (Å²) in [4.78, 5) is 17.5. The van der Waals surface area contributed by atoms with Crippen molar-refractivity contribution in [3.63, 3.8) is 0 Å². The van der Waals surface area contributed by atoms with Gasteiger partial charge in [-0.15, -0.1) is 0 Å². The summed E-state index contributed by atoms with van der Waals surface area (Å²) in [5, 5.41) is 0. The van der Waals surface area contributed by atoms with E-state index in [9.17, 15) is 4.79 Å². The summed E-state index contributed by atoms with van der Waals surface area (Å²) in [5.74, 6) is 1.24. The van der Waals surface area contributed by atoms with Crippen LogP contribution in [0.25, 0.3) is 0 Å². The van der Waals surface area contributed by atoms with Gasteiger partial charge in [-0.25, -0.2) is 0 Å².